The van der Waals surface area contributed by atoms with Gasteiger partial charge in [-0.3, -0.25) is 14.6 Å². The summed E-state index contributed by atoms with van der Waals surface area (Å²) >= 11 is 0. The van der Waals surface area contributed by atoms with Crippen molar-refractivity contribution in [3.8, 4) is 11.1 Å². The number of para-hydroxylation sites is 1. The second kappa shape index (κ2) is 8.83. The molecule has 0 aromatic heterocycles. The molecule has 3 aromatic carbocycles. The second-order valence-electron chi connectivity index (χ2n) is 9.40. The van der Waals surface area contributed by atoms with E-state index in [1.807, 2.05) is 66.7 Å². The molecule has 2 amide bonds. The molecule has 1 aliphatic carbocycles. The van der Waals surface area contributed by atoms with Crippen molar-refractivity contribution in [3.63, 3.8) is 0 Å². The molecule has 1 saturated heterocycles. The van der Waals surface area contributed by atoms with Crippen LogP contribution >= 0.6 is 0 Å². The monoisotopic (exact) mass is 469 g/mol. The maximum Gasteiger partial charge on any atom is 0.414 e. The molecule has 178 valence electrons. The molecule has 0 spiro atoms. The van der Waals surface area contributed by atoms with Crippen molar-refractivity contribution in [2.24, 2.45) is 0 Å². The molecule has 2 heterocycles. The molecule has 2 aliphatic heterocycles. The number of amides is 2. The molecule has 0 saturated carbocycles. The number of nitrogens with zero attached hydrogens (tertiary/aromatic N) is 2. The molecule has 7 nitrogen and oxygen atoms in total. The van der Waals surface area contributed by atoms with Crippen LogP contribution in [-0.4, -0.2) is 47.7 Å². The van der Waals surface area contributed by atoms with Crippen LogP contribution in [-0.2, 0) is 16.1 Å². The number of likely N-dealkylation sites (tertiary alicyclic amines) is 1. The van der Waals surface area contributed by atoms with Gasteiger partial charge in [-0.1, -0.05) is 48.5 Å². The highest BCUT2D eigenvalue weighted by Gasteiger charge is 2.34. The van der Waals surface area contributed by atoms with Gasteiger partial charge in [0.05, 0.1) is 12.2 Å². The molecular weight excluding hydrogens is 442 g/mol. The molecule has 35 heavy (non-hydrogen) atoms. The number of carbonyl (C=O) groups excluding carboxylic acids is 2. The van der Waals surface area contributed by atoms with Gasteiger partial charge in [-0.05, 0) is 53.3 Å². The van der Waals surface area contributed by atoms with Gasteiger partial charge < -0.3 is 15.2 Å². The third-order valence-corrected chi connectivity index (χ3v) is 7.26. The Bertz CT molecular complexity index is 1300. The number of aliphatic hydroxyl groups is 1. The number of piperidine rings is 1. The van der Waals surface area contributed by atoms with Crippen LogP contribution in [0.1, 0.15) is 35.6 Å². The molecule has 3 aliphatic rings. The number of rotatable bonds is 4. The summed E-state index contributed by atoms with van der Waals surface area (Å²) in [5, 5.41) is 13.7. The zero-order valence-corrected chi connectivity index (χ0v) is 19.3. The van der Waals surface area contributed by atoms with E-state index >= 15 is 0 Å². The van der Waals surface area contributed by atoms with Crippen LogP contribution < -0.4 is 10.2 Å². The van der Waals surface area contributed by atoms with Crippen LogP contribution in [0.5, 0.6) is 0 Å². The van der Waals surface area contributed by atoms with Crippen molar-refractivity contribution in [3.05, 3.63) is 83.4 Å². The highest BCUT2D eigenvalue weighted by molar-refractivity contribution is 5.93. The first-order valence-corrected chi connectivity index (χ1v) is 12.1. The van der Waals surface area contributed by atoms with Gasteiger partial charge in [-0.25, -0.2) is 4.79 Å². The number of hydrogen-bond acceptors (Lipinski definition) is 5. The molecule has 7 heteroatoms. The number of cyclic esters (lactones) is 1. The first kappa shape index (κ1) is 21.8. The van der Waals surface area contributed by atoms with Gasteiger partial charge in [-0.2, -0.15) is 0 Å². The van der Waals surface area contributed by atoms with Crippen molar-refractivity contribution < 1.29 is 19.4 Å². The lowest BCUT2D eigenvalue weighted by Crippen LogP contribution is -2.50. The Balaban J connectivity index is 1.07. The van der Waals surface area contributed by atoms with Crippen LogP contribution in [0.3, 0.4) is 0 Å². The maximum atomic E-state index is 12.8. The quantitative estimate of drug-likeness (QED) is 0.595. The highest BCUT2D eigenvalue weighted by atomic mass is 16.6. The number of nitrogens with one attached hydrogen (secondary N) is 1. The summed E-state index contributed by atoms with van der Waals surface area (Å²) in [6, 6.07) is 21.5. The van der Waals surface area contributed by atoms with Crippen molar-refractivity contribution in [2.75, 3.05) is 29.9 Å². The first-order valence-electron chi connectivity index (χ1n) is 12.1. The van der Waals surface area contributed by atoms with Crippen molar-refractivity contribution >= 4 is 23.4 Å². The molecule has 1 atom stereocenters. The maximum absolute atomic E-state index is 12.8. The zero-order chi connectivity index (χ0) is 23.9. The third-order valence-electron chi connectivity index (χ3n) is 7.26. The van der Waals surface area contributed by atoms with Crippen LogP contribution in [0.25, 0.3) is 11.1 Å². The fourth-order valence-corrected chi connectivity index (χ4v) is 5.52. The summed E-state index contributed by atoms with van der Waals surface area (Å²) in [5.41, 5.74) is 6.40. The van der Waals surface area contributed by atoms with E-state index in [1.165, 1.54) is 0 Å². The molecular formula is C28H27N3O4. The van der Waals surface area contributed by atoms with E-state index in [0.29, 0.717) is 12.3 Å². The number of carbonyl (C=O) groups is 2. The van der Waals surface area contributed by atoms with E-state index in [2.05, 4.69) is 10.2 Å². The average molecular weight is 470 g/mol. The fourth-order valence-electron chi connectivity index (χ4n) is 5.52. The number of benzene rings is 3. The van der Waals surface area contributed by atoms with Crippen molar-refractivity contribution in [2.45, 2.75) is 31.6 Å². The lowest BCUT2D eigenvalue weighted by Gasteiger charge is -2.40. The van der Waals surface area contributed by atoms with E-state index in [9.17, 15) is 14.7 Å². The van der Waals surface area contributed by atoms with Gasteiger partial charge in [-0.15, -0.1) is 0 Å². The van der Waals surface area contributed by atoms with Crippen LogP contribution in [0.4, 0.5) is 16.2 Å². The summed E-state index contributed by atoms with van der Waals surface area (Å²) in [5.74, 6) is -0.0869. The Hall–Kier alpha value is -3.68. The van der Waals surface area contributed by atoms with Gasteiger partial charge in [0.25, 0.3) is 0 Å². The Labute approximate surface area is 203 Å². The zero-order valence-electron chi connectivity index (χ0n) is 19.3. The number of aliphatic hydroxyl groups excluding tert-OH is 1. The van der Waals surface area contributed by atoms with E-state index < -0.39 is 6.10 Å². The van der Waals surface area contributed by atoms with E-state index in [0.717, 1.165) is 59.4 Å². The van der Waals surface area contributed by atoms with Crippen LogP contribution in [0.15, 0.2) is 66.7 Å². The van der Waals surface area contributed by atoms with Crippen molar-refractivity contribution in [1.82, 2.24) is 4.90 Å². The first-order chi connectivity index (χ1) is 17.1. The van der Waals surface area contributed by atoms with Gasteiger partial charge in [0.2, 0.25) is 5.91 Å². The lowest BCUT2D eigenvalue weighted by atomic mass is 10.0. The standard InChI is InChI=1S/C28H27N3O4/c32-26(29-19-9-10-22-21-6-2-3-7-23(21)27(33)24(22)15-19)16-30-13-11-20(12-14-30)31-25-8-4-1-5-18(25)17-35-28(31)34/h1-10,15,20,27,33H,11-14,16-17H2,(H,29,32). The normalized spacial score (nSPS) is 19.5. The Morgan fingerprint density at radius 2 is 1.71 bits per heavy atom. The predicted molar refractivity (Wildman–Crippen MR) is 133 cm³/mol. The minimum absolute atomic E-state index is 0.0584. The molecule has 3 aromatic rings. The third kappa shape index (κ3) is 3.96. The van der Waals surface area contributed by atoms with Crippen LogP contribution in [0.2, 0.25) is 0 Å². The average Bonchev–Trinajstić information content (AvgIpc) is 3.16. The smallest absolute Gasteiger partial charge is 0.414 e. The molecule has 1 fully saturated rings. The SMILES string of the molecule is O=C(CN1CCC(N2C(=O)OCc3ccccc32)CC1)Nc1ccc2c(c1)C(O)c1ccccc1-2. The minimum Gasteiger partial charge on any atom is -0.444 e. The summed E-state index contributed by atoms with van der Waals surface area (Å²) in [6.45, 7) is 2.05. The number of hydrogen-bond donors (Lipinski definition) is 2. The van der Waals surface area contributed by atoms with E-state index in [4.69, 9.17) is 4.74 Å². The molecule has 2 N–H and O–H groups in total. The van der Waals surface area contributed by atoms with Gasteiger partial charge in [0, 0.05) is 30.4 Å². The molecule has 0 radical (unpaired) electrons. The number of fused-ring (bicyclic) bond motifs is 4. The highest BCUT2D eigenvalue weighted by Crippen LogP contribution is 2.44. The molecule has 1 unspecified atom stereocenters. The number of ether oxygens (including phenoxy) is 1. The molecule has 0 bridgehead atoms. The summed E-state index contributed by atoms with van der Waals surface area (Å²) < 4.78 is 5.38. The van der Waals surface area contributed by atoms with Gasteiger partial charge >= 0.3 is 6.09 Å². The topological polar surface area (TPSA) is 82.1 Å². The van der Waals surface area contributed by atoms with E-state index in [1.54, 1.807) is 4.90 Å². The van der Waals surface area contributed by atoms with E-state index in [-0.39, 0.29) is 24.6 Å². The molecule has 6 rings (SSSR count). The summed E-state index contributed by atoms with van der Waals surface area (Å²) in [6.07, 6.45) is 0.588. The minimum atomic E-state index is -0.677. The largest absolute Gasteiger partial charge is 0.444 e. The van der Waals surface area contributed by atoms with Gasteiger partial charge in [0.15, 0.2) is 0 Å². The summed E-state index contributed by atoms with van der Waals surface area (Å²) in [7, 11) is 0. The predicted octanol–water partition coefficient (Wildman–Crippen LogP) is 4.31. The number of anilines is 2. The Morgan fingerprint density at radius 3 is 2.57 bits per heavy atom. The lowest BCUT2D eigenvalue weighted by molar-refractivity contribution is -0.117. The fraction of sp³-hybridized carbons (Fsp3) is 0.286. The summed E-state index contributed by atoms with van der Waals surface area (Å²) in [4.78, 5) is 29.2. The van der Waals surface area contributed by atoms with Crippen LogP contribution in [0, 0.1) is 0 Å². The van der Waals surface area contributed by atoms with Crippen molar-refractivity contribution in [1.29, 1.82) is 0 Å². The van der Waals surface area contributed by atoms with Gasteiger partial charge in [0.1, 0.15) is 12.7 Å². The Kier molecular flexibility index (Phi) is 5.51. The Morgan fingerprint density at radius 1 is 0.971 bits per heavy atom. The second-order valence-corrected chi connectivity index (χ2v) is 9.40.